The molecule has 3 amide bonds. The normalized spacial score (nSPS) is 20.2. The van der Waals surface area contributed by atoms with Crippen LogP contribution in [0.4, 0.5) is 22.4 Å². The number of urea groups is 1. The van der Waals surface area contributed by atoms with Crippen LogP contribution in [0, 0.1) is 0 Å². The standard InChI is InChI=1S/C21H20F4N2O3.2C2H6/c1-3-8-14(4-2)20(22,23)13-27-18-16(30-18)11-17(28)26(19(27)29)12-21(24,25)15-9-6-5-7-10-15;2*1-2/h3-10,16,18H,1-2,11-13H2;2*1-2H3/b14-8+;;. The molecule has 9 heteroatoms. The average molecular weight is 485 g/mol. The lowest BCUT2D eigenvalue weighted by atomic mass is 10.1. The summed E-state index contributed by atoms with van der Waals surface area (Å²) in [5.41, 5.74) is -0.893. The molecule has 3 rings (SSSR count). The lowest BCUT2D eigenvalue weighted by Crippen LogP contribution is -2.52. The molecule has 0 spiro atoms. The lowest BCUT2D eigenvalue weighted by molar-refractivity contribution is -0.134. The molecule has 2 saturated heterocycles. The van der Waals surface area contributed by atoms with Gasteiger partial charge >= 0.3 is 6.03 Å². The summed E-state index contributed by atoms with van der Waals surface area (Å²) >= 11 is 0. The Morgan fingerprint density at radius 1 is 1.06 bits per heavy atom. The third kappa shape index (κ3) is 6.79. The number of benzene rings is 1. The summed E-state index contributed by atoms with van der Waals surface area (Å²) < 4.78 is 64.0. The number of alkyl halides is 4. The van der Waals surface area contributed by atoms with E-state index in [2.05, 4.69) is 13.2 Å². The van der Waals surface area contributed by atoms with Crippen LogP contribution in [-0.2, 0) is 15.5 Å². The lowest BCUT2D eigenvalue weighted by Gasteiger charge is -2.32. The summed E-state index contributed by atoms with van der Waals surface area (Å²) in [4.78, 5) is 26.2. The molecule has 188 valence electrons. The number of hydrogen-bond acceptors (Lipinski definition) is 3. The van der Waals surface area contributed by atoms with Crippen molar-refractivity contribution in [1.82, 2.24) is 9.80 Å². The van der Waals surface area contributed by atoms with Crippen LogP contribution >= 0.6 is 0 Å². The highest BCUT2D eigenvalue weighted by Crippen LogP contribution is 2.38. The molecule has 0 aliphatic carbocycles. The van der Waals surface area contributed by atoms with Crippen LogP contribution in [0.1, 0.15) is 39.7 Å². The van der Waals surface area contributed by atoms with E-state index in [0.717, 1.165) is 30.4 Å². The monoisotopic (exact) mass is 484 g/mol. The molecule has 2 aliphatic rings. The second-order valence-corrected chi connectivity index (χ2v) is 7.00. The number of nitrogens with zero attached hydrogens (tertiary/aromatic N) is 2. The Balaban J connectivity index is 0.00000137. The van der Waals surface area contributed by atoms with Crippen LogP contribution in [0.2, 0.25) is 0 Å². The molecule has 1 aromatic carbocycles. The molecule has 0 saturated carbocycles. The smallest absolute Gasteiger partial charge is 0.329 e. The molecule has 0 aromatic heterocycles. The highest BCUT2D eigenvalue weighted by molar-refractivity contribution is 5.96. The molecule has 0 N–H and O–H groups in total. The van der Waals surface area contributed by atoms with Gasteiger partial charge in [0.25, 0.3) is 11.8 Å². The minimum atomic E-state index is -3.55. The van der Waals surface area contributed by atoms with Crippen LogP contribution in [-0.4, -0.2) is 53.1 Å². The van der Waals surface area contributed by atoms with E-state index in [4.69, 9.17) is 4.74 Å². The van der Waals surface area contributed by atoms with Gasteiger partial charge < -0.3 is 4.74 Å². The van der Waals surface area contributed by atoms with E-state index in [1.165, 1.54) is 12.1 Å². The number of fused-ring (bicyclic) bond motifs is 1. The van der Waals surface area contributed by atoms with Gasteiger partial charge in [0, 0.05) is 11.1 Å². The molecule has 0 radical (unpaired) electrons. The molecule has 2 atom stereocenters. The van der Waals surface area contributed by atoms with Gasteiger partial charge in [-0.05, 0) is 0 Å². The number of ether oxygens (including phenoxy) is 1. The summed E-state index contributed by atoms with van der Waals surface area (Å²) in [5.74, 6) is -8.01. The number of hydrogen-bond donors (Lipinski definition) is 0. The molecular weight excluding hydrogens is 452 g/mol. The van der Waals surface area contributed by atoms with E-state index in [0.29, 0.717) is 9.80 Å². The third-order valence-electron chi connectivity index (χ3n) is 4.88. The van der Waals surface area contributed by atoms with Gasteiger partial charge in [-0.2, -0.15) is 17.6 Å². The summed E-state index contributed by atoms with van der Waals surface area (Å²) in [5, 5.41) is 0. The van der Waals surface area contributed by atoms with Crippen molar-refractivity contribution < 1.29 is 31.9 Å². The molecular formula is C25H32F4N2O3. The van der Waals surface area contributed by atoms with Crippen molar-refractivity contribution in [1.29, 1.82) is 0 Å². The van der Waals surface area contributed by atoms with Crippen LogP contribution in [0.15, 0.2) is 67.3 Å². The zero-order valence-electron chi connectivity index (χ0n) is 19.9. The minimum Gasteiger partial charge on any atom is -0.347 e. The van der Waals surface area contributed by atoms with E-state index in [1.54, 1.807) is 6.07 Å². The zero-order valence-corrected chi connectivity index (χ0v) is 19.9. The number of halogens is 4. The summed E-state index contributed by atoms with van der Waals surface area (Å²) in [6.45, 7) is 12.3. The zero-order chi connectivity index (χ0) is 26.1. The van der Waals surface area contributed by atoms with Crippen LogP contribution in [0.25, 0.3) is 0 Å². The first-order valence-corrected chi connectivity index (χ1v) is 11.1. The summed E-state index contributed by atoms with van der Waals surface area (Å²) in [6.07, 6.45) is 0.872. The number of rotatable bonds is 8. The van der Waals surface area contributed by atoms with Crippen molar-refractivity contribution in [3.05, 3.63) is 72.9 Å². The van der Waals surface area contributed by atoms with Crippen LogP contribution < -0.4 is 0 Å². The van der Waals surface area contributed by atoms with Crippen LogP contribution in [0.3, 0.4) is 0 Å². The Kier molecular flexibility index (Phi) is 10.7. The second kappa shape index (κ2) is 12.5. The highest BCUT2D eigenvalue weighted by Gasteiger charge is 2.56. The number of allylic oxidation sites excluding steroid dienone is 3. The number of imide groups is 1. The van der Waals surface area contributed by atoms with Crippen molar-refractivity contribution in [2.45, 2.75) is 58.3 Å². The fourth-order valence-electron chi connectivity index (χ4n) is 3.27. The number of carbonyl (C=O) groups excluding carboxylic acids is 2. The predicted octanol–water partition coefficient (Wildman–Crippen LogP) is 6.14. The number of epoxide rings is 1. The molecule has 2 aliphatic heterocycles. The van der Waals surface area contributed by atoms with E-state index < -0.39 is 60.3 Å². The summed E-state index contributed by atoms with van der Waals surface area (Å²) in [6, 6.07) is 5.42. The first kappa shape index (κ1) is 29.1. The molecule has 5 nitrogen and oxygen atoms in total. The van der Waals surface area contributed by atoms with Gasteiger partial charge in [-0.25, -0.2) is 4.79 Å². The Labute approximate surface area is 198 Å². The maximum atomic E-state index is 14.7. The maximum Gasteiger partial charge on any atom is 0.329 e. The Hall–Kier alpha value is -2.94. The van der Waals surface area contributed by atoms with E-state index in [9.17, 15) is 27.2 Å². The number of carbonyl (C=O) groups is 2. The molecule has 2 unspecified atom stereocenters. The van der Waals surface area contributed by atoms with Crippen LogP contribution in [0.5, 0.6) is 0 Å². The van der Waals surface area contributed by atoms with Gasteiger partial charge in [0.15, 0.2) is 6.23 Å². The maximum absolute atomic E-state index is 14.7. The Bertz CT molecular complexity index is 887. The second-order valence-electron chi connectivity index (χ2n) is 7.00. The highest BCUT2D eigenvalue weighted by atomic mass is 19.3. The largest absolute Gasteiger partial charge is 0.347 e. The minimum absolute atomic E-state index is 0.323. The molecule has 2 heterocycles. The Morgan fingerprint density at radius 3 is 2.18 bits per heavy atom. The first-order valence-electron chi connectivity index (χ1n) is 11.1. The average Bonchev–Trinajstić information content (AvgIpc) is 3.61. The van der Waals surface area contributed by atoms with Crippen molar-refractivity contribution in [3.8, 4) is 0 Å². The van der Waals surface area contributed by atoms with Crippen molar-refractivity contribution in [2.24, 2.45) is 0 Å². The van der Waals surface area contributed by atoms with Crippen molar-refractivity contribution in [3.63, 3.8) is 0 Å². The fraction of sp³-hybridized carbons (Fsp3) is 0.440. The topological polar surface area (TPSA) is 53.2 Å². The van der Waals surface area contributed by atoms with Gasteiger partial charge in [-0.3, -0.25) is 14.6 Å². The van der Waals surface area contributed by atoms with Gasteiger partial charge in [-0.15, -0.1) is 0 Å². The molecule has 1 aromatic rings. The molecule has 34 heavy (non-hydrogen) atoms. The van der Waals surface area contributed by atoms with E-state index >= 15 is 0 Å². The quantitative estimate of drug-likeness (QED) is 0.253. The Morgan fingerprint density at radius 2 is 1.65 bits per heavy atom. The first-order chi connectivity index (χ1) is 16.1. The van der Waals surface area contributed by atoms with Gasteiger partial charge in [0.05, 0.1) is 19.5 Å². The third-order valence-corrected chi connectivity index (χ3v) is 4.88. The van der Waals surface area contributed by atoms with E-state index in [-0.39, 0.29) is 6.42 Å². The van der Waals surface area contributed by atoms with Gasteiger partial charge in [0.2, 0.25) is 5.91 Å². The van der Waals surface area contributed by atoms with Gasteiger partial charge in [0.1, 0.15) is 6.10 Å². The van der Waals surface area contributed by atoms with Crippen molar-refractivity contribution >= 4 is 11.9 Å². The molecule has 0 bridgehead atoms. The van der Waals surface area contributed by atoms with Gasteiger partial charge in [-0.1, -0.05) is 89.4 Å². The molecule has 2 fully saturated rings. The summed E-state index contributed by atoms with van der Waals surface area (Å²) in [7, 11) is 0. The fourth-order valence-corrected chi connectivity index (χ4v) is 3.27. The number of amides is 3. The van der Waals surface area contributed by atoms with E-state index in [1.807, 2.05) is 27.7 Å². The predicted molar refractivity (Wildman–Crippen MR) is 124 cm³/mol. The SMILES string of the molecule is C=C/C=C(\C=C)C(F)(F)CN1C(=O)N(CC(F)(F)c2ccccc2)C(=O)CC2OC21.CC.CC. The van der Waals surface area contributed by atoms with Crippen molar-refractivity contribution in [2.75, 3.05) is 13.1 Å².